The van der Waals surface area contributed by atoms with Gasteiger partial charge in [-0.15, -0.1) is 0 Å². The Kier molecular flexibility index (Phi) is 4.54. The molecular formula is C12H21N3O3. The Morgan fingerprint density at radius 2 is 2.11 bits per heavy atom. The van der Waals surface area contributed by atoms with Gasteiger partial charge in [0.15, 0.2) is 0 Å². The number of carbonyl (C=O) groups is 2. The van der Waals surface area contributed by atoms with Gasteiger partial charge in [0.05, 0.1) is 13.2 Å². The summed E-state index contributed by atoms with van der Waals surface area (Å²) in [5.41, 5.74) is 0. The number of amides is 2. The second-order valence-electron chi connectivity index (χ2n) is 4.84. The minimum absolute atomic E-state index is 0.0116. The third-order valence-corrected chi connectivity index (χ3v) is 3.39. The van der Waals surface area contributed by atoms with Crippen LogP contribution in [0, 0.1) is 0 Å². The van der Waals surface area contributed by atoms with Gasteiger partial charge in [0, 0.05) is 19.6 Å². The van der Waals surface area contributed by atoms with Crippen molar-refractivity contribution in [2.24, 2.45) is 0 Å². The van der Waals surface area contributed by atoms with Crippen molar-refractivity contribution in [3.63, 3.8) is 0 Å². The minimum Gasteiger partial charge on any atom is -0.378 e. The smallest absolute Gasteiger partial charge is 0.244 e. The van der Waals surface area contributed by atoms with Gasteiger partial charge in [-0.1, -0.05) is 0 Å². The van der Waals surface area contributed by atoms with Crippen molar-refractivity contribution < 1.29 is 14.3 Å². The van der Waals surface area contributed by atoms with E-state index in [2.05, 4.69) is 10.6 Å². The van der Waals surface area contributed by atoms with Crippen LogP contribution >= 0.6 is 0 Å². The molecule has 0 bridgehead atoms. The molecule has 2 amide bonds. The van der Waals surface area contributed by atoms with E-state index in [1.807, 2.05) is 4.90 Å². The molecule has 0 aromatic rings. The molecule has 2 N–H and O–H groups in total. The fourth-order valence-corrected chi connectivity index (χ4v) is 2.32. The first-order valence-electron chi connectivity index (χ1n) is 6.59. The lowest BCUT2D eigenvalue weighted by Gasteiger charge is -2.26. The molecule has 2 unspecified atom stereocenters. The molecule has 18 heavy (non-hydrogen) atoms. The van der Waals surface area contributed by atoms with Gasteiger partial charge >= 0.3 is 0 Å². The summed E-state index contributed by atoms with van der Waals surface area (Å²) in [6.45, 7) is 5.03. The van der Waals surface area contributed by atoms with Gasteiger partial charge in [-0.25, -0.2) is 0 Å². The zero-order valence-corrected chi connectivity index (χ0v) is 10.8. The Balaban J connectivity index is 1.80. The van der Waals surface area contributed by atoms with Gasteiger partial charge in [-0.3, -0.25) is 9.59 Å². The Labute approximate surface area is 107 Å². The van der Waals surface area contributed by atoms with Crippen LogP contribution in [0.4, 0.5) is 0 Å². The van der Waals surface area contributed by atoms with Crippen molar-refractivity contribution in [2.45, 2.75) is 31.8 Å². The van der Waals surface area contributed by atoms with Crippen molar-refractivity contribution in [1.29, 1.82) is 0 Å². The van der Waals surface area contributed by atoms with Crippen LogP contribution in [0.2, 0.25) is 0 Å². The number of morpholine rings is 1. The summed E-state index contributed by atoms with van der Waals surface area (Å²) in [6.07, 6.45) is 2.12. The number of hydrogen-bond donors (Lipinski definition) is 2. The van der Waals surface area contributed by atoms with Crippen LogP contribution in [-0.2, 0) is 14.3 Å². The van der Waals surface area contributed by atoms with E-state index in [4.69, 9.17) is 4.74 Å². The summed E-state index contributed by atoms with van der Waals surface area (Å²) in [7, 11) is 0. The van der Waals surface area contributed by atoms with Crippen molar-refractivity contribution >= 4 is 11.8 Å². The standard InChI is InChI=1S/C12H21N3O3/c1-9(12(17)15-5-2-3-6-15)14-11(16)10-8-18-7-4-13-10/h9-10,13H,2-8H2,1H3,(H,14,16). The van der Waals surface area contributed by atoms with Crippen molar-refractivity contribution in [3.8, 4) is 0 Å². The van der Waals surface area contributed by atoms with Crippen LogP contribution in [0.25, 0.3) is 0 Å². The zero-order valence-electron chi connectivity index (χ0n) is 10.8. The van der Waals surface area contributed by atoms with E-state index < -0.39 is 6.04 Å². The second kappa shape index (κ2) is 6.15. The van der Waals surface area contributed by atoms with E-state index in [9.17, 15) is 9.59 Å². The maximum atomic E-state index is 12.0. The molecular weight excluding hydrogens is 234 g/mol. The minimum atomic E-state index is -0.459. The molecule has 2 heterocycles. The van der Waals surface area contributed by atoms with Crippen molar-refractivity contribution in [2.75, 3.05) is 32.8 Å². The number of ether oxygens (including phenoxy) is 1. The molecule has 0 radical (unpaired) electrons. The second-order valence-corrected chi connectivity index (χ2v) is 4.84. The molecule has 2 atom stereocenters. The molecule has 0 aliphatic carbocycles. The van der Waals surface area contributed by atoms with Crippen LogP contribution in [0.3, 0.4) is 0 Å². The summed E-state index contributed by atoms with van der Waals surface area (Å²) in [6, 6.07) is -0.799. The number of hydrogen-bond acceptors (Lipinski definition) is 4. The molecule has 6 nitrogen and oxygen atoms in total. The van der Waals surface area contributed by atoms with E-state index >= 15 is 0 Å². The van der Waals surface area contributed by atoms with E-state index in [-0.39, 0.29) is 17.9 Å². The molecule has 6 heteroatoms. The van der Waals surface area contributed by atoms with Gasteiger partial charge in [0.2, 0.25) is 11.8 Å². The number of nitrogens with zero attached hydrogens (tertiary/aromatic N) is 1. The quantitative estimate of drug-likeness (QED) is 0.686. The molecule has 2 fully saturated rings. The highest BCUT2D eigenvalue weighted by Gasteiger charge is 2.27. The number of nitrogens with one attached hydrogen (secondary N) is 2. The first kappa shape index (κ1) is 13.3. The van der Waals surface area contributed by atoms with Gasteiger partial charge in [0.1, 0.15) is 12.1 Å². The molecule has 102 valence electrons. The zero-order chi connectivity index (χ0) is 13.0. The topological polar surface area (TPSA) is 70.7 Å². The molecule has 0 saturated carbocycles. The largest absolute Gasteiger partial charge is 0.378 e. The van der Waals surface area contributed by atoms with Gasteiger partial charge in [-0.2, -0.15) is 0 Å². The third kappa shape index (κ3) is 3.20. The Hall–Kier alpha value is -1.14. The lowest BCUT2D eigenvalue weighted by Crippen LogP contribution is -2.55. The summed E-state index contributed by atoms with van der Waals surface area (Å²) in [4.78, 5) is 25.7. The summed E-state index contributed by atoms with van der Waals surface area (Å²) in [5.74, 6) is -0.146. The summed E-state index contributed by atoms with van der Waals surface area (Å²) in [5, 5.41) is 5.82. The van der Waals surface area contributed by atoms with Gasteiger partial charge in [0.25, 0.3) is 0 Å². The Bertz CT molecular complexity index is 310. The lowest BCUT2D eigenvalue weighted by atomic mass is 10.2. The molecule has 2 rings (SSSR count). The lowest BCUT2D eigenvalue weighted by molar-refractivity contribution is -0.136. The first-order chi connectivity index (χ1) is 8.68. The molecule has 0 aromatic carbocycles. The fraction of sp³-hybridized carbons (Fsp3) is 0.833. The van der Waals surface area contributed by atoms with Crippen molar-refractivity contribution in [1.82, 2.24) is 15.5 Å². The highest BCUT2D eigenvalue weighted by Crippen LogP contribution is 2.09. The third-order valence-electron chi connectivity index (χ3n) is 3.39. The summed E-state index contributed by atoms with van der Waals surface area (Å²) < 4.78 is 5.23. The Morgan fingerprint density at radius 1 is 1.39 bits per heavy atom. The van der Waals surface area contributed by atoms with Crippen LogP contribution in [0.15, 0.2) is 0 Å². The Morgan fingerprint density at radius 3 is 2.72 bits per heavy atom. The highest BCUT2D eigenvalue weighted by molar-refractivity contribution is 5.89. The van der Waals surface area contributed by atoms with Crippen LogP contribution < -0.4 is 10.6 Å². The predicted octanol–water partition coefficient (Wildman–Crippen LogP) is -0.898. The van der Waals surface area contributed by atoms with Crippen LogP contribution in [-0.4, -0.2) is 61.6 Å². The molecule has 0 aromatic heterocycles. The average molecular weight is 255 g/mol. The average Bonchev–Trinajstić information content (AvgIpc) is 2.92. The van der Waals surface area contributed by atoms with Crippen LogP contribution in [0.5, 0.6) is 0 Å². The van der Waals surface area contributed by atoms with E-state index in [1.165, 1.54) is 0 Å². The van der Waals surface area contributed by atoms with Gasteiger partial charge in [-0.05, 0) is 19.8 Å². The summed E-state index contributed by atoms with van der Waals surface area (Å²) >= 11 is 0. The maximum Gasteiger partial charge on any atom is 0.244 e. The highest BCUT2D eigenvalue weighted by atomic mass is 16.5. The molecule has 2 saturated heterocycles. The van der Waals surface area contributed by atoms with E-state index in [1.54, 1.807) is 6.92 Å². The first-order valence-corrected chi connectivity index (χ1v) is 6.59. The molecule has 2 aliphatic rings. The normalized spacial score (nSPS) is 25.8. The van der Waals surface area contributed by atoms with Crippen LogP contribution in [0.1, 0.15) is 19.8 Å². The monoisotopic (exact) mass is 255 g/mol. The SMILES string of the molecule is CC(NC(=O)C1COCCN1)C(=O)N1CCCC1. The number of carbonyl (C=O) groups excluding carboxylic acids is 2. The molecule has 2 aliphatic heterocycles. The maximum absolute atomic E-state index is 12.0. The van der Waals surface area contributed by atoms with Crippen molar-refractivity contribution in [3.05, 3.63) is 0 Å². The van der Waals surface area contributed by atoms with Gasteiger partial charge < -0.3 is 20.3 Å². The molecule has 0 spiro atoms. The number of likely N-dealkylation sites (tertiary alicyclic amines) is 1. The fourth-order valence-electron chi connectivity index (χ4n) is 2.32. The number of rotatable bonds is 3. The van der Waals surface area contributed by atoms with E-state index in [0.717, 1.165) is 25.9 Å². The van der Waals surface area contributed by atoms with E-state index in [0.29, 0.717) is 19.8 Å². The predicted molar refractivity (Wildman–Crippen MR) is 66.0 cm³/mol.